The van der Waals surface area contributed by atoms with Gasteiger partial charge in [-0.2, -0.15) is 4.31 Å². The van der Waals surface area contributed by atoms with Crippen molar-refractivity contribution in [3.8, 4) is 5.75 Å². The van der Waals surface area contributed by atoms with Gasteiger partial charge in [-0.1, -0.05) is 12.8 Å². The largest absolute Gasteiger partial charge is 0.495 e. The number of carbonyl (C=O) groups excluding carboxylic acids is 1. The molecule has 2 rings (SSSR count). The third-order valence-electron chi connectivity index (χ3n) is 4.54. The third-order valence-corrected chi connectivity index (χ3v) is 6.44. The lowest BCUT2D eigenvalue weighted by molar-refractivity contribution is -0.116. The number of hydrogen-bond acceptors (Lipinski definition) is 5. The minimum Gasteiger partial charge on any atom is -0.495 e. The van der Waals surface area contributed by atoms with Crippen molar-refractivity contribution >= 4 is 21.6 Å². The number of methoxy groups -OCH3 is 1. The van der Waals surface area contributed by atoms with Crippen molar-refractivity contribution in [2.24, 2.45) is 0 Å². The van der Waals surface area contributed by atoms with Crippen LogP contribution in [0.15, 0.2) is 23.1 Å². The van der Waals surface area contributed by atoms with Crippen LogP contribution in [-0.4, -0.2) is 52.0 Å². The van der Waals surface area contributed by atoms with Gasteiger partial charge in [0.2, 0.25) is 15.9 Å². The van der Waals surface area contributed by atoms with E-state index < -0.39 is 10.0 Å². The molecule has 1 heterocycles. The van der Waals surface area contributed by atoms with E-state index in [0.29, 0.717) is 50.6 Å². The quantitative estimate of drug-likeness (QED) is 0.646. The predicted octanol–water partition coefficient (Wildman–Crippen LogP) is 3.02. The van der Waals surface area contributed by atoms with Gasteiger partial charge in [0.25, 0.3) is 0 Å². The van der Waals surface area contributed by atoms with Crippen LogP contribution >= 0.6 is 0 Å². The molecule has 0 atom stereocenters. The molecule has 0 spiro atoms. The summed E-state index contributed by atoms with van der Waals surface area (Å²) in [7, 11) is -2.10. The highest BCUT2D eigenvalue weighted by atomic mass is 32.2. The monoisotopic (exact) mass is 398 g/mol. The zero-order valence-electron chi connectivity index (χ0n) is 16.2. The van der Waals surface area contributed by atoms with Crippen LogP contribution in [0.5, 0.6) is 5.75 Å². The number of nitrogens with zero attached hydrogens (tertiary/aromatic N) is 1. The Morgan fingerprint density at radius 3 is 2.52 bits per heavy atom. The molecule has 0 unspecified atom stereocenters. The second kappa shape index (κ2) is 10.6. The molecule has 1 N–H and O–H groups in total. The Kier molecular flexibility index (Phi) is 8.53. The molecule has 7 nitrogen and oxygen atoms in total. The normalized spacial score (nSPS) is 15.9. The summed E-state index contributed by atoms with van der Waals surface area (Å²) in [6.45, 7) is 4.11. The van der Waals surface area contributed by atoms with Crippen molar-refractivity contribution in [1.82, 2.24) is 4.31 Å². The Labute approximate surface area is 162 Å². The van der Waals surface area contributed by atoms with E-state index in [-0.39, 0.29) is 10.8 Å². The molecule has 27 heavy (non-hydrogen) atoms. The topological polar surface area (TPSA) is 84.9 Å². The first-order valence-electron chi connectivity index (χ1n) is 9.55. The van der Waals surface area contributed by atoms with Gasteiger partial charge in [-0.05, 0) is 44.4 Å². The van der Waals surface area contributed by atoms with Crippen LogP contribution in [0, 0.1) is 0 Å². The Morgan fingerprint density at radius 2 is 1.89 bits per heavy atom. The van der Waals surface area contributed by atoms with Crippen LogP contribution in [0.1, 0.15) is 45.4 Å². The van der Waals surface area contributed by atoms with E-state index in [1.54, 1.807) is 6.07 Å². The van der Waals surface area contributed by atoms with Gasteiger partial charge in [-0.15, -0.1) is 0 Å². The molecule has 1 aliphatic heterocycles. The lowest BCUT2D eigenvalue weighted by atomic mass is 10.2. The number of hydrogen-bond donors (Lipinski definition) is 1. The first-order chi connectivity index (χ1) is 13.0. The van der Waals surface area contributed by atoms with E-state index in [2.05, 4.69) is 5.32 Å². The molecule has 0 bridgehead atoms. The second-order valence-electron chi connectivity index (χ2n) is 6.53. The Morgan fingerprint density at radius 1 is 1.19 bits per heavy atom. The van der Waals surface area contributed by atoms with Crippen molar-refractivity contribution in [2.45, 2.75) is 50.3 Å². The molecule has 152 valence electrons. The highest BCUT2D eigenvalue weighted by molar-refractivity contribution is 7.89. The summed E-state index contributed by atoms with van der Waals surface area (Å²) in [5.74, 6) is 0.236. The fourth-order valence-corrected chi connectivity index (χ4v) is 4.61. The van der Waals surface area contributed by atoms with E-state index in [1.165, 1.54) is 23.5 Å². The maximum absolute atomic E-state index is 13.0. The van der Waals surface area contributed by atoms with E-state index in [0.717, 1.165) is 25.7 Å². The molecule has 1 aliphatic rings. The summed E-state index contributed by atoms with van der Waals surface area (Å²) in [4.78, 5) is 12.3. The summed E-state index contributed by atoms with van der Waals surface area (Å²) in [6.07, 6.45) is 4.76. The number of anilines is 1. The van der Waals surface area contributed by atoms with Crippen LogP contribution in [0.3, 0.4) is 0 Å². The van der Waals surface area contributed by atoms with Crippen molar-refractivity contribution in [3.05, 3.63) is 18.2 Å². The van der Waals surface area contributed by atoms with Crippen molar-refractivity contribution < 1.29 is 22.7 Å². The number of ether oxygens (including phenoxy) is 2. The summed E-state index contributed by atoms with van der Waals surface area (Å²) in [5.41, 5.74) is 0.370. The van der Waals surface area contributed by atoms with Crippen molar-refractivity contribution in [2.75, 3.05) is 38.7 Å². The second-order valence-corrected chi connectivity index (χ2v) is 8.47. The summed E-state index contributed by atoms with van der Waals surface area (Å²) in [6, 6.07) is 4.60. The molecule has 0 aliphatic carbocycles. The Balaban J connectivity index is 2.14. The first-order valence-corrected chi connectivity index (χ1v) is 11.0. The van der Waals surface area contributed by atoms with Gasteiger partial charge < -0.3 is 14.8 Å². The molecular weight excluding hydrogens is 368 g/mol. The molecule has 1 aromatic carbocycles. The molecule has 8 heteroatoms. The molecule has 1 fully saturated rings. The molecule has 1 saturated heterocycles. The zero-order valence-corrected chi connectivity index (χ0v) is 17.0. The molecule has 0 aromatic heterocycles. The van der Waals surface area contributed by atoms with Gasteiger partial charge in [0.15, 0.2) is 0 Å². The van der Waals surface area contributed by atoms with Crippen LogP contribution in [-0.2, 0) is 19.6 Å². The SMILES string of the molecule is CCOCCCC(=O)Nc1cc(S(=O)(=O)N2CCCCCC2)ccc1OC. The minimum absolute atomic E-state index is 0.176. The van der Waals surface area contributed by atoms with Gasteiger partial charge in [0, 0.05) is 32.7 Å². The van der Waals surface area contributed by atoms with Gasteiger partial charge >= 0.3 is 0 Å². The molecule has 1 amide bonds. The van der Waals surface area contributed by atoms with E-state index in [1.807, 2.05) is 6.92 Å². The van der Waals surface area contributed by atoms with Crippen LogP contribution < -0.4 is 10.1 Å². The van der Waals surface area contributed by atoms with Crippen molar-refractivity contribution in [1.29, 1.82) is 0 Å². The molecule has 0 radical (unpaired) electrons. The summed E-state index contributed by atoms with van der Waals surface area (Å²) in [5, 5.41) is 2.76. The lowest BCUT2D eigenvalue weighted by Gasteiger charge is -2.21. The van der Waals surface area contributed by atoms with Gasteiger partial charge in [0.05, 0.1) is 17.7 Å². The van der Waals surface area contributed by atoms with Crippen LogP contribution in [0.25, 0.3) is 0 Å². The van der Waals surface area contributed by atoms with Gasteiger partial charge in [0.1, 0.15) is 5.75 Å². The highest BCUT2D eigenvalue weighted by Gasteiger charge is 2.26. The first kappa shape index (κ1) is 21.7. The van der Waals surface area contributed by atoms with Gasteiger partial charge in [-0.3, -0.25) is 4.79 Å². The maximum atomic E-state index is 13.0. The van der Waals surface area contributed by atoms with E-state index in [9.17, 15) is 13.2 Å². The number of carbonyl (C=O) groups is 1. The molecular formula is C19H30N2O5S. The lowest BCUT2D eigenvalue weighted by Crippen LogP contribution is -2.32. The summed E-state index contributed by atoms with van der Waals surface area (Å²) >= 11 is 0. The Bertz CT molecular complexity index is 713. The number of nitrogens with one attached hydrogen (secondary N) is 1. The predicted molar refractivity (Wildman–Crippen MR) is 105 cm³/mol. The fourth-order valence-electron chi connectivity index (χ4n) is 3.07. The number of sulfonamides is 1. The van der Waals surface area contributed by atoms with Crippen LogP contribution in [0.2, 0.25) is 0 Å². The third kappa shape index (κ3) is 6.19. The van der Waals surface area contributed by atoms with Crippen molar-refractivity contribution in [3.63, 3.8) is 0 Å². The standard InChI is InChI=1S/C19H30N2O5S/c1-3-26-14-8-9-19(22)20-17-15-16(10-11-18(17)25-2)27(23,24)21-12-6-4-5-7-13-21/h10-11,15H,3-9,12-14H2,1-2H3,(H,20,22). The average Bonchev–Trinajstić information content (AvgIpc) is 2.95. The molecule has 1 aromatic rings. The maximum Gasteiger partial charge on any atom is 0.243 e. The number of rotatable bonds is 9. The van der Waals surface area contributed by atoms with E-state index >= 15 is 0 Å². The number of amides is 1. The number of benzene rings is 1. The van der Waals surface area contributed by atoms with Crippen LogP contribution in [0.4, 0.5) is 5.69 Å². The van der Waals surface area contributed by atoms with E-state index in [4.69, 9.17) is 9.47 Å². The fraction of sp³-hybridized carbons (Fsp3) is 0.632. The summed E-state index contributed by atoms with van der Waals surface area (Å²) < 4.78 is 38.0. The molecule has 0 saturated carbocycles. The highest BCUT2D eigenvalue weighted by Crippen LogP contribution is 2.30. The zero-order chi connectivity index (χ0) is 19.7. The average molecular weight is 399 g/mol. The smallest absolute Gasteiger partial charge is 0.243 e. The van der Waals surface area contributed by atoms with Gasteiger partial charge in [-0.25, -0.2) is 8.42 Å². The minimum atomic E-state index is -3.59. The Hall–Kier alpha value is -1.64.